The molecule has 0 radical (unpaired) electrons. The number of aryl methyl sites for hydroxylation is 2. The molecule has 0 saturated heterocycles. The molecule has 2 heteroatoms. The molecule has 0 atom stereocenters. The lowest BCUT2D eigenvalue weighted by Crippen LogP contribution is -1.83. The molecule has 0 saturated carbocycles. The van der Waals surface area contributed by atoms with Gasteiger partial charge in [0.15, 0.2) is 0 Å². The Bertz CT molecular complexity index is 427. The number of fused-ring (bicyclic) bond motifs is 1. The quantitative estimate of drug-likeness (QED) is 0.610. The SMILES string of the molecule is Cc1cccc2c(N)[nH]c(C)c12. The number of aromatic amines is 1. The van der Waals surface area contributed by atoms with Crippen molar-refractivity contribution in [3.8, 4) is 0 Å². The third-order valence-electron chi connectivity index (χ3n) is 2.26. The summed E-state index contributed by atoms with van der Waals surface area (Å²) in [6.07, 6.45) is 0. The summed E-state index contributed by atoms with van der Waals surface area (Å²) in [5.74, 6) is 0.770. The number of hydrogen-bond acceptors (Lipinski definition) is 1. The van der Waals surface area contributed by atoms with E-state index in [1.807, 2.05) is 19.1 Å². The number of nitrogen functional groups attached to an aromatic ring is 1. The molecule has 1 aromatic carbocycles. The molecule has 62 valence electrons. The van der Waals surface area contributed by atoms with Gasteiger partial charge in [-0.3, -0.25) is 0 Å². The second-order valence-electron chi connectivity index (χ2n) is 3.16. The van der Waals surface area contributed by atoms with Gasteiger partial charge in [0.25, 0.3) is 0 Å². The first-order chi connectivity index (χ1) is 5.70. The summed E-state index contributed by atoms with van der Waals surface area (Å²) in [4.78, 5) is 3.13. The smallest absolute Gasteiger partial charge is 0.108 e. The molecule has 2 aromatic rings. The van der Waals surface area contributed by atoms with Gasteiger partial charge in [0.05, 0.1) is 0 Å². The Morgan fingerprint density at radius 1 is 1.25 bits per heavy atom. The Morgan fingerprint density at radius 2 is 2.00 bits per heavy atom. The van der Waals surface area contributed by atoms with Gasteiger partial charge >= 0.3 is 0 Å². The molecule has 0 bridgehead atoms. The van der Waals surface area contributed by atoms with E-state index in [2.05, 4.69) is 18.0 Å². The number of aromatic nitrogens is 1. The topological polar surface area (TPSA) is 41.8 Å². The fourth-order valence-corrected chi connectivity index (χ4v) is 1.72. The molecule has 0 amide bonds. The normalized spacial score (nSPS) is 10.8. The Morgan fingerprint density at radius 3 is 2.67 bits per heavy atom. The Kier molecular flexibility index (Phi) is 1.37. The molecule has 0 aliphatic heterocycles. The molecule has 2 rings (SSSR count). The first-order valence-electron chi connectivity index (χ1n) is 4.03. The van der Waals surface area contributed by atoms with Gasteiger partial charge in [0, 0.05) is 16.5 Å². The van der Waals surface area contributed by atoms with E-state index in [9.17, 15) is 0 Å². The maximum Gasteiger partial charge on any atom is 0.108 e. The van der Waals surface area contributed by atoms with Crippen LogP contribution in [0.1, 0.15) is 11.3 Å². The van der Waals surface area contributed by atoms with Gasteiger partial charge in [-0.1, -0.05) is 18.2 Å². The van der Waals surface area contributed by atoms with Crippen molar-refractivity contribution in [2.45, 2.75) is 13.8 Å². The van der Waals surface area contributed by atoms with Crippen LogP contribution in [0, 0.1) is 13.8 Å². The first-order valence-corrected chi connectivity index (χ1v) is 4.03. The van der Waals surface area contributed by atoms with Crippen LogP contribution in [0.25, 0.3) is 10.8 Å². The molecule has 1 heterocycles. The molecular formula is C10H12N2. The summed E-state index contributed by atoms with van der Waals surface area (Å²) < 4.78 is 0. The van der Waals surface area contributed by atoms with Crippen molar-refractivity contribution in [1.29, 1.82) is 0 Å². The average Bonchev–Trinajstić information content (AvgIpc) is 2.29. The van der Waals surface area contributed by atoms with Crippen LogP contribution in [-0.2, 0) is 0 Å². The van der Waals surface area contributed by atoms with Crippen LogP contribution in [-0.4, -0.2) is 4.98 Å². The van der Waals surface area contributed by atoms with Crippen molar-refractivity contribution in [3.63, 3.8) is 0 Å². The van der Waals surface area contributed by atoms with Gasteiger partial charge in [-0.05, 0) is 19.4 Å². The van der Waals surface area contributed by atoms with Crippen molar-refractivity contribution in [1.82, 2.24) is 4.98 Å². The number of anilines is 1. The third kappa shape index (κ3) is 0.811. The van der Waals surface area contributed by atoms with Crippen LogP contribution in [0.2, 0.25) is 0 Å². The molecule has 3 N–H and O–H groups in total. The predicted molar refractivity (Wildman–Crippen MR) is 52.2 cm³/mol. The Labute approximate surface area is 71.4 Å². The van der Waals surface area contributed by atoms with E-state index in [0.717, 1.165) is 16.9 Å². The van der Waals surface area contributed by atoms with E-state index in [4.69, 9.17) is 5.73 Å². The van der Waals surface area contributed by atoms with Crippen molar-refractivity contribution in [2.24, 2.45) is 0 Å². The molecule has 0 aliphatic rings. The summed E-state index contributed by atoms with van der Waals surface area (Å²) in [5.41, 5.74) is 8.22. The maximum absolute atomic E-state index is 5.79. The number of nitrogens with two attached hydrogens (primary N) is 1. The van der Waals surface area contributed by atoms with Gasteiger partial charge in [0.2, 0.25) is 0 Å². The lowest BCUT2D eigenvalue weighted by Gasteiger charge is -1.95. The van der Waals surface area contributed by atoms with Crippen molar-refractivity contribution >= 4 is 16.6 Å². The molecule has 0 unspecified atom stereocenters. The van der Waals surface area contributed by atoms with Gasteiger partial charge in [-0.2, -0.15) is 0 Å². The molecule has 1 aromatic heterocycles. The van der Waals surface area contributed by atoms with Crippen LogP contribution >= 0.6 is 0 Å². The number of benzene rings is 1. The van der Waals surface area contributed by atoms with Gasteiger partial charge in [-0.15, -0.1) is 0 Å². The lowest BCUT2D eigenvalue weighted by molar-refractivity contribution is 1.28. The van der Waals surface area contributed by atoms with Gasteiger partial charge in [0.1, 0.15) is 5.82 Å². The van der Waals surface area contributed by atoms with Crippen molar-refractivity contribution in [3.05, 3.63) is 29.5 Å². The minimum Gasteiger partial charge on any atom is -0.385 e. The van der Waals surface area contributed by atoms with Gasteiger partial charge < -0.3 is 10.7 Å². The largest absolute Gasteiger partial charge is 0.385 e. The molecular weight excluding hydrogens is 148 g/mol. The molecule has 0 aliphatic carbocycles. The molecule has 2 nitrogen and oxygen atoms in total. The standard InChI is InChI=1S/C10H12N2/c1-6-4-3-5-8-9(6)7(2)12-10(8)11/h3-5,12H,11H2,1-2H3. The average molecular weight is 160 g/mol. The molecule has 12 heavy (non-hydrogen) atoms. The minimum atomic E-state index is 0.770. The second-order valence-corrected chi connectivity index (χ2v) is 3.16. The van der Waals surface area contributed by atoms with Crippen molar-refractivity contribution < 1.29 is 0 Å². The highest BCUT2D eigenvalue weighted by atomic mass is 14.9. The highest BCUT2D eigenvalue weighted by Crippen LogP contribution is 2.26. The summed E-state index contributed by atoms with van der Waals surface area (Å²) in [6, 6.07) is 6.17. The van der Waals surface area contributed by atoms with Crippen molar-refractivity contribution in [2.75, 3.05) is 5.73 Å². The van der Waals surface area contributed by atoms with Gasteiger partial charge in [-0.25, -0.2) is 0 Å². The highest BCUT2D eigenvalue weighted by Gasteiger charge is 2.05. The summed E-state index contributed by atoms with van der Waals surface area (Å²) in [6.45, 7) is 4.15. The summed E-state index contributed by atoms with van der Waals surface area (Å²) >= 11 is 0. The van der Waals surface area contributed by atoms with E-state index in [1.165, 1.54) is 10.9 Å². The zero-order chi connectivity index (χ0) is 8.72. The van der Waals surface area contributed by atoms with Crippen LogP contribution in [0.3, 0.4) is 0 Å². The van der Waals surface area contributed by atoms with E-state index < -0.39 is 0 Å². The monoisotopic (exact) mass is 160 g/mol. The lowest BCUT2D eigenvalue weighted by atomic mass is 10.1. The predicted octanol–water partition coefficient (Wildman–Crippen LogP) is 2.37. The Hall–Kier alpha value is -1.44. The maximum atomic E-state index is 5.79. The molecule has 0 fully saturated rings. The summed E-state index contributed by atoms with van der Waals surface area (Å²) in [7, 11) is 0. The fraction of sp³-hybridized carbons (Fsp3) is 0.200. The van der Waals surface area contributed by atoms with E-state index in [-0.39, 0.29) is 0 Å². The Balaban J connectivity index is 2.99. The van der Waals surface area contributed by atoms with Crippen LogP contribution in [0.15, 0.2) is 18.2 Å². The number of rotatable bonds is 0. The number of hydrogen-bond donors (Lipinski definition) is 2. The highest BCUT2D eigenvalue weighted by molar-refractivity contribution is 5.96. The van der Waals surface area contributed by atoms with Crippen LogP contribution in [0.4, 0.5) is 5.82 Å². The fourth-order valence-electron chi connectivity index (χ4n) is 1.72. The van der Waals surface area contributed by atoms with E-state index in [0.29, 0.717) is 0 Å². The third-order valence-corrected chi connectivity index (χ3v) is 2.26. The molecule has 0 spiro atoms. The van der Waals surface area contributed by atoms with Crippen LogP contribution < -0.4 is 5.73 Å². The first kappa shape index (κ1) is 7.22. The zero-order valence-corrected chi connectivity index (χ0v) is 7.31. The van der Waals surface area contributed by atoms with E-state index in [1.54, 1.807) is 0 Å². The zero-order valence-electron chi connectivity index (χ0n) is 7.31. The number of H-pyrrole nitrogens is 1. The van der Waals surface area contributed by atoms with Crippen LogP contribution in [0.5, 0.6) is 0 Å². The second kappa shape index (κ2) is 2.27. The number of nitrogens with one attached hydrogen (secondary N) is 1. The minimum absolute atomic E-state index is 0.770. The van der Waals surface area contributed by atoms with E-state index >= 15 is 0 Å². The summed E-state index contributed by atoms with van der Waals surface area (Å²) in [5, 5.41) is 2.39.